The fourth-order valence-corrected chi connectivity index (χ4v) is 4.50. The normalized spacial score (nSPS) is 21.7. The van der Waals surface area contributed by atoms with Crippen LogP contribution in [-0.2, 0) is 11.3 Å². The van der Waals surface area contributed by atoms with E-state index in [-0.39, 0.29) is 11.9 Å². The summed E-state index contributed by atoms with van der Waals surface area (Å²) in [6, 6.07) is 9.26. The molecule has 1 N–H and O–H groups in total. The number of nitrogens with one attached hydrogen (secondary N) is 1. The highest BCUT2D eigenvalue weighted by Crippen LogP contribution is 2.35. The van der Waals surface area contributed by atoms with Crippen LogP contribution in [0.25, 0.3) is 0 Å². The smallest absolute Gasteiger partial charge is 0.323 e. The van der Waals surface area contributed by atoms with E-state index in [1.165, 1.54) is 28.9 Å². The molecule has 2 aliphatic carbocycles. The fourth-order valence-electron chi connectivity index (χ4n) is 4.50. The summed E-state index contributed by atoms with van der Waals surface area (Å²) in [5, 5.41) is 2.98. The molecule has 1 spiro atoms. The molecule has 27 heavy (non-hydrogen) atoms. The molecule has 2 saturated carbocycles. The number of urea groups is 1. The van der Waals surface area contributed by atoms with Gasteiger partial charge in [-0.25, -0.2) is 4.79 Å². The quantitative estimate of drug-likeness (QED) is 0.747. The summed E-state index contributed by atoms with van der Waals surface area (Å²) in [7, 11) is 0. The number of nitrogens with zero attached hydrogens (tertiary/aromatic N) is 2. The molecule has 0 bridgehead atoms. The number of carbonyl (C=O) groups excluding carboxylic acids is 2. The molecule has 1 saturated heterocycles. The molecule has 146 valence electrons. The first-order valence-corrected chi connectivity index (χ1v) is 10.5. The molecule has 1 aliphatic heterocycles. The van der Waals surface area contributed by atoms with Crippen LogP contribution in [0.1, 0.15) is 69.4 Å². The van der Waals surface area contributed by atoms with Gasteiger partial charge in [-0.1, -0.05) is 51.0 Å². The Morgan fingerprint density at radius 1 is 1.15 bits per heavy atom. The van der Waals surface area contributed by atoms with Gasteiger partial charge >= 0.3 is 6.03 Å². The molecule has 3 aliphatic rings. The predicted molar refractivity (Wildman–Crippen MR) is 105 cm³/mol. The van der Waals surface area contributed by atoms with Crippen LogP contribution in [-0.4, -0.2) is 46.4 Å². The number of hydrogen-bond donors (Lipinski definition) is 1. The lowest BCUT2D eigenvalue weighted by atomic mass is 9.98. The molecule has 3 fully saturated rings. The third kappa shape index (κ3) is 3.75. The van der Waals surface area contributed by atoms with Crippen molar-refractivity contribution in [2.45, 2.75) is 76.4 Å². The van der Waals surface area contributed by atoms with Gasteiger partial charge in [0.15, 0.2) is 0 Å². The molecule has 0 unspecified atom stereocenters. The molecular weight excluding hydrogens is 338 g/mol. The van der Waals surface area contributed by atoms with E-state index in [1.54, 1.807) is 0 Å². The van der Waals surface area contributed by atoms with Crippen LogP contribution >= 0.6 is 0 Å². The molecule has 1 aromatic rings. The molecule has 0 atom stereocenters. The Morgan fingerprint density at radius 2 is 1.81 bits per heavy atom. The van der Waals surface area contributed by atoms with Gasteiger partial charge in [0, 0.05) is 25.7 Å². The maximum absolute atomic E-state index is 12.8. The van der Waals surface area contributed by atoms with E-state index in [2.05, 4.69) is 48.3 Å². The zero-order valence-electron chi connectivity index (χ0n) is 16.5. The van der Waals surface area contributed by atoms with Gasteiger partial charge in [-0.3, -0.25) is 14.6 Å². The first-order chi connectivity index (χ1) is 13.0. The lowest BCUT2D eigenvalue weighted by Crippen LogP contribution is -2.44. The van der Waals surface area contributed by atoms with Crippen molar-refractivity contribution in [3.05, 3.63) is 35.4 Å². The van der Waals surface area contributed by atoms with Crippen molar-refractivity contribution < 1.29 is 9.59 Å². The fraction of sp³-hybridized carbons (Fsp3) is 0.636. The number of imide groups is 1. The van der Waals surface area contributed by atoms with Crippen molar-refractivity contribution >= 4 is 11.9 Å². The first kappa shape index (κ1) is 18.5. The molecule has 0 aromatic heterocycles. The average Bonchev–Trinajstić information content (AvgIpc) is 3.34. The summed E-state index contributed by atoms with van der Waals surface area (Å²) < 4.78 is 0. The molecule has 3 amide bonds. The van der Waals surface area contributed by atoms with E-state index in [4.69, 9.17) is 0 Å². The molecule has 5 heteroatoms. The van der Waals surface area contributed by atoms with Gasteiger partial charge in [0.1, 0.15) is 5.54 Å². The molecular formula is C22H31N3O2. The minimum Gasteiger partial charge on any atom is -0.323 e. The third-order valence-corrected chi connectivity index (χ3v) is 6.41. The second-order valence-corrected chi connectivity index (χ2v) is 8.77. The van der Waals surface area contributed by atoms with Gasteiger partial charge in [-0.05, 0) is 42.7 Å². The van der Waals surface area contributed by atoms with E-state index in [1.807, 2.05) is 0 Å². The summed E-state index contributed by atoms with van der Waals surface area (Å²) in [5.41, 5.74) is 2.07. The topological polar surface area (TPSA) is 52.6 Å². The van der Waals surface area contributed by atoms with Gasteiger partial charge in [0.25, 0.3) is 5.91 Å². The van der Waals surface area contributed by atoms with Crippen LogP contribution in [0.2, 0.25) is 0 Å². The Morgan fingerprint density at radius 3 is 2.41 bits per heavy atom. The van der Waals surface area contributed by atoms with Crippen LogP contribution in [0.4, 0.5) is 4.79 Å². The number of carbonyl (C=O) groups is 2. The maximum Gasteiger partial charge on any atom is 0.325 e. The molecule has 1 aromatic carbocycles. The van der Waals surface area contributed by atoms with Gasteiger partial charge in [0.05, 0.1) is 0 Å². The van der Waals surface area contributed by atoms with Crippen molar-refractivity contribution in [1.29, 1.82) is 0 Å². The second kappa shape index (κ2) is 7.27. The zero-order valence-corrected chi connectivity index (χ0v) is 16.5. The van der Waals surface area contributed by atoms with Gasteiger partial charge in [0.2, 0.25) is 0 Å². The Labute approximate surface area is 162 Å². The highest BCUT2D eigenvalue weighted by atomic mass is 16.2. The van der Waals surface area contributed by atoms with E-state index < -0.39 is 5.54 Å². The van der Waals surface area contributed by atoms with Crippen LogP contribution in [0.5, 0.6) is 0 Å². The van der Waals surface area contributed by atoms with E-state index in [9.17, 15) is 9.59 Å². The average molecular weight is 370 g/mol. The minimum atomic E-state index is -0.589. The van der Waals surface area contributed by atoms with Crippen molar-refractivity contribution in [3.8, 4) is 0 Å². The van der Waals surface area contributed by atoms with Crippen molar-refractivity contribution in [1.82, 2.24) is 15.1 Å². The van der Waals surface area contributed by atoms with Gasteiger partial charge in [-0.15, -0.1) is 0 Å². The van der Waals surface area contributed by atoms with Crippen molar-refractivity contribution in [3.63, 3.8) is 0 Å². The zero-order chi connectivity index (χ0) is 19.0. The first-order valence-electron chi connectivity index (χ1n) is 10.5. The third-order valence-electron chi connectivity index (χ3n) is 6.41. The molecule has 5 nitrogen and oxygen atoms in total. The minimum absolute atomic E-state index is 0.00188. The lowest BCUT2D eigenvalue weighted by Gasteiger charge is -2.25. The molecule has 4 rings (SSSR count). The Kier molecular flexibility index (Phi) is 4.97. The summed E-state index contributed by atoms with van der Waals surface area (Å²) in [4.78, 5) is 29.1. The lowest BCUT2D eigenvalue weighted by molar-refractivity contribution is -0.131. The number of rotatable bonds is 7. The van der Waals surface area contributed by atoms with Crippen LogP contribution in [0.15, 0.2) is 24.3 Å². The van der Waals surface area contributed by atoms with Crippen molar-refractivity contribution in [2.75, 3.05) is 13.1 Å². The summed E-state index contributed by atoms with van der Waals surface area (Å²) in [6.45, 7) is 6.55. The largest absolute Gasteiger partial charge is 0.325 e. The Hall–Kier alpha value is -1.88. The van der Waals surface area contributed by atoms with Crippen LogP contribution < -0.4 is 5.32 Å². The number of amides is 3. The standard InChI is InChI=1S/C22H31N3O2/c1-16(2)18-7-5-17(6-8-18)15-24(19-9-10-19)13-14-25-20(26)22(23-21(25)27)11-3-4-12-22/h5-8,16,19H,3-4,9-15H2,1-2H3,(H,23,27). The summed E-state index contributed by atoms with van der Waals surface area (Å²) in [5.74, 6) is 0.545. The summed E-state index contributed by atoms with van der Waals surface area (Å²) in [6.07, 6.45) is 6.08. The van der Waals surface area contributed by atoms with Crippen molar-refractivity contribution in [2.24, 2.45) is 0 Å². The Balaban J connectivity index is 1.38. The van der Waals surface area contributed by atoms with E-state index in [0.717, 1.165) is 38.8 Å². The van der Waals surface area contributed by atoms with Gasteiger partial charge in [-0.2, -0.15) is 0 Å². The Bertz CT molecular complexity index is 703. The van der Waals surface area contributed by atoms with Gasteiger partial charge < -0.3 is 5.32 Å². The molecule has 0 radical (unpaired) electrons. The predicted octanol–water partition coefficient (Wildman–Crippen LogP) is 3.64. The van der Waals surface area contributed by atoms with E-state index in [0.29, 0.717) is 18.5 Å². The maximum atomic E-state index is 12.8. The SMILES string of the molecule is CC(C)c1ccc(CN(CCN2C(=O)NC3(CCCC3)C2=O)C2CC2)cc1. The summed E-state index contributed by atoms with van der Waals surface area (Å²) >= 11 is 0. The highest BCUT2D eigenvalue weighted by molar-refractivity contribution is 6.07. The number of benzene rings is 1. The van der Waals surface area contributed by atoms with E-state index >= 15 is 0 Å². The monoisotopic (exact) mass is 369 g/mol. The van der Waals surface area contributed by atoms with Crippen LogP contribution in [0.3, 0.4) is 0 Å². The second-order valence-electron chi connectivity index (χ2n) is 8.77. The number of hydrogen-bond acceptors (Lipinski definition) is 3. The molecule has 1 heterocycles. The van der Waals surface area contributed by atoms with Crippen LogP contribution in [0, 0.1) is 0 Å². The highest BCUT2D eigenvalue weighted by Gasteiger charge is 2.52.